The van der Waals surface area contributed by atoms with Crippen LogP contribution in [0, 0.1) is 12.7 Å². The molecule has 0 fully saturated rings. The molecule has 1 heterocycles. The Balaban J connectivity index is 1.98. The minimum atomic E-state index is -3.57. The molecular formula is C14H19FN2O2S. The third-order valence-corrected chi connectivity index (χ3v) is 4.94. The van der Waals surface area contributed by atoms with Crippen LogP contribution < -0.4 is 10.0 Å². The van der Waals surface area contributed by atoms with Gasteiger partial charge in [0.2, 0.25) is 10.0 Å². The Morgan fingerprint density at radius 2 is 2.20 bits per heavy atom. The fourth-order valence-corrected chi connectivity index (χ4v) is 3.49. The van der Waals surface area contributed by atoms with Crippen LogP contribution in [0.2, 0.25) is 0 Å². The quantitative estimate of drug-likeness (QED) is 0.814. The predicted octanol–water partition coefficient (Wildman–Crippen LogP) is 1.72. The first-order chi connectivity index (χ1) is 9.49. The molecule has 0 bridgehead atoms. The topological polar surface area (TPSA) is 58.2 Å². The summed E-state index contributed by atoms with van der Waals surface area (Å²) in [5.41, 5.74) is 1.68. The number of halogens is 1. The average molecular weight is 298 g/mol. The van der Waals surface area contributed by atoms with Gasteiger partial charge in [0.25, 0.3) is 0 Å². The van der Waals surface area contributed by atoms with E-state index in [1.54, 1.807) is 6.92 Å². The Bertz CT molecular complexity index is 612. The van der Waals surface area contributed by atoms with E-state index >= 15 is 0 Å². The van der Waals surface area contributed by atoms with Gasteiger partial charge in [-0.25, -0.2) is 17.5 Å². The number of benzene rings is 1. The van der Waals surface area contributed by atoms with Crippen molar-refractivity contribution in [2.24, 2.45) is 0 Å². The van der Waals surface area contributed by atoms with Crippen molar-refractivity contribution in [1.82, 2.24) is 10.0 Å². The molecule has 0 radical (unpaired) electrons. The summed E-state index contributed by atoms with van der Waals surface area (Å²) in [5, 5.41) is 3.21. The summed E-state index contributed by atoms with van der Waals surface area (Å²) < 4.78 is 39.9. The zero-order valence-corrected chi connectivity index (χ0v) is 12.3. The first-order valence-corrected chi connectivity index (χ1v) is 8.12. The lowest BCUT2D eigenvalue weighted by Gasteiger charge is -2.14. The minimum Gasteiger partial charge on any atom is -0.313 e. The second-order valence-corrected chi connectivity index (χ2v) is 6.61. The first-order valence-electron chi connectivity index (χ1n) is 6.63. The van der Waals surface area contributed by atoms with Gasteiger partial charge in [-0.05, 0) is 50.1 Å². The van der Waals surface area contributed by atoms with E-state index in [-0.39, 0.29) is 4.90 Å². The molecule has 0 aromatic heterocycles. The predicted molar refractivity (Wildman–Crippen MR) is 76.5 cm³/mol. The van der Waals surface area contributed by atoms with E-state index in [2.05, 4.69) is 16.1 Å². The Hall–Kier alpha value is -1.24. The van der Waals surface area contributed by atoms with Gasteiger partial charge in [0.15, 0.2) is 0 Å². The summed E-state index contributed by atoms with van der Waals surface area (Å²) in [4.78, 5) is 0.137. The summed E-state index contributed by atoms with van der Waals surface area (Å²) in [7, 11) is -3.57. The molecule has 0 atom stereocenters. The molecule has 0 aliphatic carbocycles. The fraction of sp³-hybridized carbons (Fsp3) is 0.429. The van der Waals surface area contributed by atoms with E-state index in [1.807, 2.05) is 0 Å². The largest absolute Gasteiger partial charge is 0.313 e. The second-order valence-electron chi connectivity index (χ2n) is 4.87. The van der Waals surface area contributed by atoms with E-state index in [0.717, 1.165) is 25.6 Å². The molecule has 110 valence electrons. The van der Waals surface area contributed by atoms with Crippen molar-refractivity contribution in [3.05, 3.63) is 41.2 Å². The second kappa shape index (κ2) is 6.47. The molecule has 2 N–H and O–H groups in total. The van der Waals surface area contributed by atoms with Crippen LogP contribution >= 0.6 is 0 Å². The fourth-order valence-electron chi connectivity index (χ4n) is 2.23. The molecule has 2 rings (SSSR count). The first kappa shape index (κ1) is 15.2. The number of sulfonamides is 1. The Labute approximate surface area is 119 Å². The van der Waals surface area contributed by atoms with Crippen molar-refractivity contribution in [3.63, 3.8) is 0 Å². The van der Waals surface area contributed by atoms with Gasteiger partial charge in [-0.1, -0.05) is 11.6 Å². The highest BCUT2D eigenvalue weighted by molar-refractivity contribution is 7.89. The maximum Gasteiger partial charge on any atom is 0.240 e. The normalized spacial score (nSPS) is 16.0. The molecule has 1 aliphatic rings. The molecule has 0 unspecified atom stereocenters. The van der Waals surface area contributed by atoms with Gasteiger partial charge in [0.05, 0.1) is 4.90 Å². The van der Waals surface area contributed by atoms with E-state index in [0.29, 0.717) is 18.5 Å². The molecule has 0 amide bonds. The van der Waals surface area contributed by atoms with Gasteiger partial charge in [-0.3, -0.25) is 0 Å². The third-order valence-electron chi connectivity index (χ3n) is 3.32. The van der Waals surface area contributed by atoms with Crippen LogP contribution in [0.1, 0.15) is 18.4 Å². The van der Waals surface area contributed by atoms with Crippen molar-refractivity contribution in [2.45, 2.75) is 24.7 Å². The van der Waals surface area contributed by atoms with Crippen LogP contribution in [0.3, 0.4) is 0 Å². The number of aryl methyl sites for hydroxylation is 1. The lowest BCUT2D eigenvalue weighted by molar-refractivity contribution is 0.578. The number of nitrogens with one attached hydrogen (secondary N) is 2. The Morgan fingerprint density at radius 1 is 1.40 bits per heavy atom. The third kappa shape index (κ3) is 3.88. The zero-order valence-electron chi connectivity index (χ0n) is 11.4. The summed E-state index contributed by atoms with van der Waals surface area (Å²) in [5.74, 6) is -0.429. The van der Waals surface area contributed by atoms with Crippen molar-refractivity contribution >= 4 is 10.0 Å². The van der Waals surface area contributed by atoms with Gasteiger partial charge in [0.1, 0.15) is 5.82 Å². The van der Waals surface area contributed by atoms with Gasteiger partial charge < -0.3 is 5.32 Å². The van der Waals surface area contributed by atoms with Crippen molar-refractivity contribution in [1.29, 1.82) is 0 Å². The van der Waals surface area contributed by atoms with Gasteiger partial charge >= 0.3 is 0 Å². The zero-order chi connectivity index (χ0) is 14.6. The highest BCUT2D eigenvalue weighted by atomic mass is 32.2. The van der Waals surface area contributed by atoms with Crippen LogP contribution in [0.5, 0.6) is 0 Å². The Morgan fingerprint density at radius 3 is 2.85 bits per heavy atom. The SMILES string of the molecule is Cc1cc(F)ccc1S(=O)(=O)NCCC1=CCNCC1. The van der Waals surface area contributed by atoms with Crippen molar-refractivity contribution in [2.75, 3.05) is 19.6 Å². The van der Waals surface area contributed by atoms with Crippen LogP contribution in [0.15, 0.2) is 34.7 Å². The maximum absolute atomic E-state index is 13.0. The molecule has 1 aromatic rings. The van der Waals surface area contributed by atoms with E-state index in [9.17, 15) is 12.8 Å². The van der Waals surface area contributed by atoms with Gasteiger partial charge in [-0.2, -0.15) is 0 Å². The van der Waals surface area contributed by atoms with Gasteiger partial charge in [0, 0.05) is 13.1 Å². The molecule has 1 aromatic carbocycles. The molecule has 0 saturated carbocycles. The summed E-state index contributed by atoms with van der Waals surface area (Å²) >= 11 is 0. The van der Waals surface area contributed by atoms with E-state index < -0.39 is 15.8 Å². The molecule has 0 saturated heterocycles. The molecule has 0 spiro atoms. The van der Waals surface area contributed by atoms with Crippen LogP contribution in [-0.2, 0) is 10.0 Å². The van der Waals surface area contributed by atoms with E-state index in [4.69, 9.17) is 0 Å². The lowest BCUT2D eigenvalue weighted by Crippen LogP contribution is -2.27. The molecule has 1 aliphatic heterocycles. The number of hydrogen-bond donors (Lipinski definition) is 2. The van der Waals surface area contributed by atoms with Crippen molar-refractivity contribution < 1.29 is 12.8 Å². The number of hydrogen-bond acceptors (Lipinski definition) is 3. The monoisotopic (exact) mass is 298 g/mol. The minimum absolute atomic E-state index is 0.137. The van der Waals surface area contributed by atoms with Gasteiger partial charge in [-0.15, -0.1) is 0 Å². The molecule has 20 heavy (non-hydrogen) atoms. The standard InChI is InChI=1S/C14H19FN2O2S/c1-11-10-13(15)2-3-14(11)20(18,19)17-9-6-12-4-7-16-8-5-12/h2-4,10,16-17H,5-9H2,1H3. The highest BCUT2D eigenvalue weighted by Crippen LogP contribution is 2.16. The smallest absolute Gasteiger partial charge is 0.240 e. The van der Waals surface area contributed by atoms with Crippen LogP contribution in [0.4, 0.5) is 4.39 Å². The maximum atomic E-state index is 13.0. The van der Waals surface area contributed by atoms with Crippen molar-refractivity contribution in [3.8, 4) is 0 Å². The Kier molecular flexibility index (Phi) is 4.91. The molecule has 4 nitrogen and oxygen atoms in total. The summed E-state index contributed by atoms with van der Waals surface area (Å²) in [6, 6.07) is 3.69. The molecular weight excluding hydrogens is 279 g/mol. The van der Waals surface area contributed by atoms with Crippen LogP contribution in [-0.4, -0.2) is 28.1 Å². The number of rotatable bonds is 5. The van der Waals surface area contributed by atoms with Crippen LogP contribution in [0.25, 0.3) is 0 Å². The highest BCUT2D eigenvalue weighted by Gasteiger charge is 2.16. The lowest BCUT2D eigenvalue weighted by atomic mass is 10.1. The summed E-state index contributed by atoms with van der Waals surface area (Å²) in [6.07, 6.45) is 3.76. The average Bonchev–Trinajstić information content (AvgIpc) is 2.39. The summed E-state index contributed by atoms with van der Waals surface area (Å²) in [6.45, 7) is 3.74. The van der Waals surface area contributed by atoms with E-state index in [1.165, 1.54) is 17.7 Å². The molecule has 6 heteroatoms.